The number of fused-ring (bicyclic) bond motifs is 1. The van der Waals surface area contributed by atoms with Crippen molar-refractivity contribution >= 4 is 17.5 Å². The van der Waals surface area contributed by atoms with E-state index in [4.69, 9.17) is 4.74 Å². The molecule has 4 aromatic rings. The van der Waals surface area contributed by atoms with E-state index >= 15 is 0 Å². The van der Waals surface area contributed by atoms with Crippen molar-refractivity contribution in [3.05, 3.63) is 101 Å². The Kier molecular flexibility index (Phi) is 9.46. The van der Waals surface area contributed by atoms with Crippen LogP contribution in [0.15, 0.2) is 78.9 Å². The molecule has 0 spiro atoms. The van der Waals surface area contributed by atoms with Gasteiger partial charge in [-0.25, -0.2) is 0 Å². The molecule has 2 N–H and O–H groups in total. The predicted molar refractivity (Wildman–Crippen MR) is 172 cm³/mol. The van der Waals surface area contributed by atoms with Gasteiger partial charge in [-0.2, -0.15) is 5.10 Å². The molecule has 0 radical (unpaired) electrons. The van der Waals surface area contributed by atoms with Crippen LogP contribution in [-0.4, -0.2) is 75.4 Å². The quantitative estimate of drug-likeness (QED) is 0.283. The van der Waals surface area contributed by atoms with Crippen LogP contribution in [0.5, 0.6) is 5.75 Å². The molecule has 5 rings (SSSR count). The third-order valence-corrected chi connectivity index (χ3v) is 8.18. The van der Waals surface area contributed by atoms with E-state index in [0.29, 0.717) is 42.3 Å². The predicted octanol–water partition coefficient (Wildman–Crippen LogP) is 5.00. The van der Waals surface area contributed by atoms with Crippen LogP contribution in [-0.2, 0) is 13.6 Å². The number of hydrogen-bond acceptors (Lipinski definition) is 6. The van der Waals surface area contributed by atoms with E-state index in [2.05, 4.69) is 65.7 Å². The van der Waals surface area contributed by atoms with Crippen LogP contribution in [0.25, 0.3) is 11.1 Å². The van der Waals surface area contributed by atoms with Crippen LogP contribution < -0.4 is 10.1 Å². The van der Waals surface area contributed by atoms with Crippen molar-refractivity contribution in [2.45, 2.75) is 39.5 Å². The lowest BCUT2D eigenvalue weighted by atomic mass is 9.98. The number of aliphatic hydroxyl groups is 1. The van der Waals surface area contributed by atoms with E-state index in [0.717, 1.165) is 5.69 Å². The first-order valence-corrected chi connectivity index (χ1v) is 15.0. The number of ether oxygens (including phenoxy) is 1. The molecule has 0 saturated heterocycles. The SMILES string of the molecule is Cc1cc(C(=O)Nc2cccc3c2O[C@H](CN(C)Cc2ccc(-c4ccccc4)cc2)[C@H](C)CN([C@H](C)CO)C3=O)n(C)n1. The van der Waals surface area contributed by atoms with Gasteiger partial charge in [-0.1, -0.05) is 67.6 Å². The summed E-state index contributed by atoms with van der Waals surface area (Å²) in [5.41, 5.74) is 5.42. The molecular formula is C35H41N5O4. The summed E-state index contributed by atoms with van der Waals surface area (Å²) < 4.78 is 8.21. The van der Waals surface area contributed by atoms with Crippen LogP contribution in [0.1, 0.15) is 46.0 Å². The number of anilines is 1. The molecule has 0 unspecified atom stereocenters. The summed E-state index contributed by atoms with van der Waals surface area (Å²) in [5.74, 6) is -0.323. The molecule has 9 heteroatoms. The smallest absolute Gasteiger partial charge is 0.274 e. The number of para-hydroxylation sites is 1. The average Bonchev–Trinajstić information content (AvgIpc) is 3.37. The Labute approximate surface area is 259 Å². The monoisotopic (exact) mass is 595 g/mol. The maximum Gasteiger partial charge on any atom is 0.274 e. The Morgan fingerprint density at radius 2 is 1.80 bits per heavy atom. The lowest BCUT2D eigenvalue weighted by Crippen LogP contribution is -2.49. The summed E-state index contributed by atoms with van der Waals surface area (Å²) in [5, 5.41) is 17.2. The zero-order valence-corrected chi connectivity index (χ0v) is 26.0. The van der Waals surface area contributed by atoms with Gasteiger partial charge in [0.1, 0.15) is 11.8 Å². The molecular weight excluding hydrogens is 554 g/mol. The highest BCUT2D eigenvalue weighted by Crippen LogP contribution is 2.35. The Morgan fingerprint density at radius 3 is 2.45 bits per heavy atom. The van der Waals surface area contributed by atoms with Crippen LogP contribution in [0.2, 0.25) is 0 Å². The number of amides is 2. The van der Waals surface area contributed by atoms with Crippen molar-refractivity contribution < 1.29 is 19.4 Å². The van der Waals surface area contributed by atoms with Gasteiger partial charge in [0.05, 0.1) is 29.6 Å². The number of likely N-dealkylation sites (N-methyl/N-ethyl adjacent to an activating group) is 1. The highest BCUT2D eigenvalue weighted by molar-refractivity contribution is 6.06. The van der Waals surface area contributed by atoms with Gasteiger partial charge in [0.2, 0.25) is 0 Å². The van der Waals surface area contributed by atoms with Gasteiger partial charge in [-0.3, -0.25) is 19.2 Å². The van der Waals surface area contributed by atoms with Crippen molar-refractivity contribution in [1.82, 2.24) is 19.6 Å². The Hall–Kier alpha value is -4.47. The molecule has 0 aliphatic carbocycles. The maximum atomic E-state index is 13.8. The second kappa shape index (κ2) is 13.4. The van der Waals surface area contributed by atoms with Crippen molar-refractivity contribution in [2.75, 3.05) is 32.1 Å². The van der Waals surface area contributed by atoms with Gasteiger partial charge in [0.25, 0.3) is 11.8 Å². The van der Waals surface area contributed by atoms with Crippen molar-refractivity contribution in [2.24, 2.45) is 13.0 Å². The minimum absolute atomic E-state index is 0.0625. The van der Waals surface area contributed by atoms with E-state index in [1.165, 1.54) is 21.4 Å². The molecule has 1 aromatic heterocycles. The summed E-state index contributed by atoms with van der Waals surface area (Å²) in [6.45, 7) is 7.28. The molecule has 0 fully saturated rings. The molecule has 0 saturated carbocycles. The third-order valence-electron chi connectivity index (χ3n) is 8.18. The lowest BCUT2D eigenvalue weighted by Gasteiger charge is -2.38. The van der Waals surface area contributed by atoms with E-state index < -0.39 is 0 Å². The fraction of sp³-hybridized carbons (Fsp3) is 0.343. The van der Waals surface area contributed by atoms with E-state index in [1.54, 1.807) is 36.2 Å². The summed E-state index contributed by atoms with van der Waals surface area (Å²) in [7, 11) is 3.77. The maximum absolute atomic E-state index is 13.8. The number of aromatic nitrogens is 2. The fourth-order valence-corrected chi connectivity index (χ4v) is 5.69. The Bertz CT molecular complexity index is 1600. The zero-order valence-electron chi connectivity index (χ0n) is 26.0. The molecule has 3 aromatic carbocycles. The number of carbonyl (C=O) groups excluding carboxylic acids is 2. The minimum Gasteiger partial charge on any atom is -0.486 e. The number of nitrogens with one attached hydrogen (secondary N) is 1. The van der Waals surface area contributed by atoms with E-state index in [-0.39, 0.29) is 36.5 Å². The molecule has 0 bridgehead atoms. The van der Waals surface area contributed by atoms with Crippen LogP contribution in [0, 0.1) is 12.8 Å². The molecule has 3 atom stereocenters. The highest BCUT2D eigenvalue weighted by atomic mass is 16.5. The topological polar surface area (TPSA) is 99.9 Å². The number of carbonyl (C=O) groups is 2. The molecule has 1 aliphatic rings. The number of aryl methyl sites for hydroxylation is 2. The molecule has 2 heterocycles. The summed E-state index contributed by atoms with van der Waals surface area (Å²) in [6, 6.07) is 25.4. The van der Waals surface area contributed by atoms with Gasteiger partial charge in [-0.15, -0.1) is 0 Å². The van der Waals surface area contributed by atoms with Crippen LogP contribution >= 0.6 is 0 Å². The normalized spacial score (nSPS) is 17.4. The van der Waals surface area contributed by atoms with Gasteiger partial charge in [-0.05, 0) is 55.8 Å². The van der Waals surface area contributed by atoms with Crippen molar-refractivity contribution in [1.29, 1.82) is 0 Å². The first-order valence-electron chi connectivity index (χ1n) is 15.0. The first-order chi connectivity index (χ1) is 21.1. The molecule has 44 heavy (non-hydrogen) atoms. The number of benzene rings is 3. The van der Waals surface area contributed by atoms with E-state index in [9.17, 15) is 14.7 Å². The average molecular weight is 596 g/mol. The van der Waals surface area contributed by atoms with Gasteiger partial charge in [0.15, 0.2) is 5.75 Å². The third kappa shape index (κ3) is 6.85. The molecule has 1 aliphatic heterocycles. The highest BCUT2D eigenvalue weighted by Gasteiger charge is 2.34. The van der Waals surface area contributed by atoms with Gasteiger partial charge < -0.3 is 20.1 Å². The van der Waals surface area contributed by atoms with Crippen molar-refractivity contribution in [3.8, 4) is 16.9 Å². The summed E-state index contributed by atoms with van der Waals surface area (Å²) in [4.78, 5) is 31.0. The minimum atomic E-state index is -0.381. The molecule has 9 nitrogen and oxygen atoms in total. The van der Waals surface area contributed by atoms with Crippen molar-refractivity contribution in [3.63, 3.8) is 0 Å². The van der Waals surface area contributed by atoms with Gasteiger partial charge in [0, 0.05) is 32.6 Å². The second-order valence-corrected chi connectivity index (χ2v) is 11.8. The number of aliphatic hydroxyl groups excluding tert-OH is 1. The van der Waals surface area contributed by atoms with Crippen LogP contribution in [0.4, 0.5) is 5.69 Å². The van der Waals surface area contributed by atoms with E-state index in [1.807, 2.05) is 32.0 Å². The number of nitrogens with zero attached hydrogens (tertiary/aromatic N) is 4. The van der Waals surface area contributed by atoms with Gasteiger partial charge >= 0.3 is 0 Å². The number of rotatable bonds is 9. The largest absolute Gasteiger partial charge is 0.486 e. The zero-order chi connectivity index (χ0) is 31.4. The lowest BCUT2D eigenvalue weighted by molar-refractivity contribution is 0.0343. The summed E-state index contributed by atoms with van der Waals surface area (Å²) in [6.07, 6.45) is -0.305. The molecule has 2 amide bonds. The summed E-state index contributed by atoms with van der Waals surface area (Å²) >= 11 is 0. The Morgan fingerprint density at radius 1 is 1.09 bits per heavy atom. The standard InChI is InChI=1S/C35H41N5O4/c1-23-19-40(25(3)22-41)35(43)29-12-9-13-30(36-34(42)31-18-24(2)37-39(31)5)33(29)44-32(23)21-38(4)20-26-14-16-28(17-15-26)27-10-7-6-8-11-27/h6-18,23,25,32,41H,19-22H2,1-5H3,(H,36,42)/t23-,25-,32-/m1/s1. The number of hydrogen-bond donors (Lipinski definition) is 2. The fourth-order valence-electron chi connectivity index (χ4n) is 5.69. The first kappa shape index (κ1) is 31.0. The second-order valence-electron chi connectivity index (χ2n) is 11.8. The Balaban J connectivity index is 1.40. The molecule has 230 valence electrons. The van der Waals surface area contributed by atoms with Crippen LogP contribution in [0.3, 0.4) is 0 Å².